The summed E-state index contributed by atoms with van der Waals surface area (Å²) < 4.78 is 0. The number of aryl methyl sites for hydroxylation is 1. The number of carbonyl (C=O) groups excluding carboxylic acids is 2. The van der Waals surface area contributed by atoms with Crippen molar-refractivity contribution in [1.29, 1.82) is 0 Å². The summed E-state index contributed by atoms with van der Waals surface area (Å²) in [5.74, 6) is -0.0911. The Morgan fingerprint density at radius 2 is 2.19 bits per heavy atom. The number of amides is 2. The van der Waals surface area contributed by atoms with Crippen LogP contribution in [0.3, 0.4) is 0 Å². The first-order chi connectivity index (χ1) is 7.68. The third-order valence-electron chi connectivity index (χ3n) is 3.33. The van der Waals surface area contributed by atoms with E-state index < -0.39 is 0 Å². The lowest BCUT2D eigenvalue weighted by molar-refractivity contribution is -0.123. The Kier molecular flexibility index (Phi) is 1.80. The van der Waals surface area contributed by atoms with Crippen LogP contribution in [0.25, 0.3) is 0 Å². The summed E-state index contributed by atoms with van der Waals surface area (Å²) >= 11 is 0. The number of nitrogens with one attached hydrogen (secondary N) is 1. The SMILES string of the molecule is Cc1cccc2c1C(=O)N1CC[C@H]1C(=O)N2. The number of benzene rings is 1. The highest BCUT2D eigenvalue weighted by Gasteiger charge is 2.41. The van der Waals surface area contributed by atoms with Crippen LogP contribution in [-0.4, -0.2) is 29.3 Å². The summed E-state index contributed by atoms with van der Waals surface area (Å²) in [4.78, 5) is 25.6. The van der Waals surface area contributed by atoms with E-state index in [1.54, 1.807) is 11.0 Å². The molecule has 16 heavy (non-hydrogen) atoms. The van der Waals surface area contributed by atoms with Gasteiger partial charge in [-0.25, -0.2) is 0 Å². The lowest BCUT2D eigenvalue weighted by Gasteiger charge is -2.37. The third kappa shape index (κ3) is 1.10. The molecular formula is C12H12N2O2. The van der Waals surface area contributed by atoms with Crippen molar-refractivity contribution in [2.24, 2.45) is 0 Å². The Labute approximate surface area is 93.2 Å². The molecular weight excluding hydrogens is 204 g/mol. The van der Waals surface area contributed by atoms with Crippen LogP contribution in [-0.2, 0) is 4.79 Å². The van der Waals surface area contributed by atoms with E-state index in [1.165, 1.54) is 0 Å². The molecule has 4 heteroatoms. The van der Waals surface area contributed by atoms with Crippen molar-refractivity contribution in [3.05, 3.63) is 29.3 Å². The van der Waals surface area contributed by atoms with Gasteiger partial charge in [-0.3, -0.25) is 9.59 Å². The van der Waals surface area contributed by atoms with E-state index in [9.17, 15) is 9.59 Å². The second kappa shape index (κ2) is 3.07. The predicted molar refractivity (Wildman–Crippen MR) is 59.3 cm³/mol. The number of hydrogen-bond donors (Lipinski definition) is 1. The summed E-state index contributed by atoms with van der Waals surface area (Å²) in [6.07, 6.45) is 0.768. The number of carbonyl (C=O) groups is 2. The molecule has 0 aromatic heterocycles. The molecule has 1 aromatic rings. The highest BCUT2D eigenvalue weighted by molar-refractivity contribution is 6.11. The Morgan fingerprint density at radius 3 is 2.88 bits per heavy atom. The maximum absolute atomic E-state index is 12.2. The van der Waals surface area contributed by atoms with Gasteiger partial charge < -0.3 is 10.2 Å². The zero-order chi connectivity index (χ0) is 11.3. The topological polar surface area (TPSA) is 49.4 Å². The predicted octanol–water partition coefficient (Wildman–Crippen LogP) is 1.16. The third-order valence-corrected chi connectivity index (χ3v) is 3.33. The van der Waals surface area contributed by atoms with Crippen LogP contribution >= 0.6 is 0 Å². The van der Waals surface area contributed by atoms with Gasteiger partial charge in [0.15, 0.2) is 0 Å². The minimum atomic E-state index is -0.265. The number of anilines is 1. The Bertz CT molecular complexity index is 496. The largest absolute Gasteiger partial charge is 0.326 e. The van der Waals surface area contributed by atoms with Gasteiger partial charge in [-0.1, -0.05) is 12.1 Å². The second-order valence-electron chi connectivity index (χ2n) is 4.29. The minimum absolute atomic E-state index is 0.0253. The lowest BCUT2D eigenvalue weighted by atomic mass is 10.0. The fourth-order valence-electron chi connectivity index (χ4n) is 2.32. The van der Waals surface area contributed by atoms with E-state index in [-0.39, 0.29) is 17.9 Å². The lowest BCUT2D eigenvalue weighted by Crippen LogP contribution is -2.55. The molecule has 1 fully saturated rings. The number of nitrogens with zero attached hydrogens (tertiary/aromatic N) is 1. The monoisotopic (exact) mass is 216 g/mol. The van der Waals surface area contributed by atoms with Crippen molar-refractivity contribution in [3.8, 4) is 0 Å². The standard InChI is InChI=1S/C12H12N2O2/c1-7-3-2-4-8-10(7)12(16)14-6-5-9(14)11(15)13-8/h2-4,9H,5-6H2,1H3,(H,13,15)/t9-/m0/s1. The number of rotatable bonds is 0. The van der Waals surface area contributed by atoms with Gasteiger partial charge in [0.25, 0.3) is 5.91 Å². The quantitative estimate of drug-likeness (QED) is 0.707. The molecule has 0 radical (unpaired) electrons. The van der Waals surface area contributed by atoms with Crippen LogP contribution in [0.2, 0.25) is 0 Å². The fraction of sp³-hybridized carbons (Fsp3) is 0.333. The molecule has 2 amide bonds. The number of hydrogen-bond acceptors (Lipinski definition) is 2. The van der Waals surface area contributed by atoms with E-state index in [1.807, 2.05) is 19.1 Å². The second-order valence-corrected chi connectivity index (χ2v) is 4.29. The van der Waals surface area contributed by atoms with Crippen molar-refractivity contribution in [2.45, 2.75) is 19.4 Å². The van der Waals surface area contributed by atoms with E-state index >= 15 is 0 Å². The first-order valence-corrected chi connectivity index (χ1v) is 5.40. The average Bonchev–Trinajstić information content (AvgIpc) is 2.20. The fourth-order valence-corrected chi connectivity index (χ4v) is 2.32. The van der Waals surface area contributed by atoms with Crippen molar-refractivity contribution >= 4 is 17.5 Å². The summed E-state index contributed by atoms with van der Waals surface area (Å²) in [6, 6.07) is 5.26. The van der Waals surface area contributed by atoms with Crippen LogP contribution in [0.5, 0.6) is 0 Å². The van der Waals surface area contributed by atoms with Crippen LogP contribution in [0.1, 0.15) is 22.3 Å². The molecule has 82 valence electrons. The summed E-state index contributed by atoms with van der Waals surface area (Å²) in [5, 5.41) is 2.82. The first kappa shape index (κ1) is 9.39. The Morgan fingerprint density at radius 1 is 1.38 bits per heavy atom. The smallest absolute Gasteiger partial charge is 0.256 e. The van der Waals surface area contributed by atoms with Crippen molar-refractivity contribution in [2.75, 3.05) is 11.9 Å². The zero-order valence-electron chi connectivity index (χ0n) is 8.99. The molecule has 0 saturated carbocycles. The van der Waals surface area contributed by atoms with E-state index in [2.05, 4.69) is 5.32 Å². The maximum Gasteiger partial charge on any atom is 0.256 e. The van der Waals surface area contributed by atoms with Gasteiger partial charge in [0, 0.05) is 6.54 Å². The summed E-state index contributed by atoms with van der Waals surface area (Å²) in [6.45, 7) is 2.58. The molecule has 3 rings (SSSR count). The van der Waals surface area contributed by atoms with Gasteiger partial charge in [-0.05, 0) is 25.0 Å². The summed E-state index contributed by atoms with van der Waals surface area (Å²) in [7, 11) is 0. The van der Waals surface area contributed by atoms with E-state index in [0.717, 1.165) is 12.0 Å². The molecule has 2 heterocycles. The normalized spacial score (nSPS) is 22.8. The molecule has 1 aromatic carbocycles. The molecule has 0 unspecified atom stereocenters. The van der Waals surface area contributed by atoms with Crippen molar-refractivity contribution in [1.82, 2.24) is 4.90 Å². The summed E-state index contributed by atoms with van der Waals surface area (Å²) in [5.41, 5.74) is 2.19. The molecule has 0 aliphatic carbocycles. The zero-order valence-corrected chi connectivity index (χ0v) is 8.99. The average molecular weight is 216 g/mol. The first-order valence-electron chi connectivity index (χ1n) is 5.40. The molecule has 4 nitrogen and oxygen atoms in total. The Hall–Kier alpha value is -1.84. The van der Waals surface area contributed by atoms with Crippen LogP contribution < -0.4 is 5.32 Å². The molecule has 0 spiro atoms. The molecule has 2 aliphatic heterocycles. The van der Waals surface area contributed by atoms with Gasteiger partial charge >= 0.3 is 0 Å². The highest BCUT2D eigenvalue weighted by Crippen LogP contribution is 2.30. The van der Waals surface area contributed by atoms with Crippen LogP contribution in [0.4, 0.5) is 5.69 Å². The van der Waals surface area contributed by atoms with Crippen molar-refractivity contribution < 1.29 is 9.59 Å². The molecule has 2 aliphatic rings. The van der Waals surface area contributed by atoms with Gasteiger partial charge in [0.1, 0.15) is 6.04 Å². The van der Waals surface area contributed by atoms with Gasteiger partial charge in [-0.2, -0.15) is 0 Å². The molecule has 1 saturated heterocycles. The van der Waals surface area contributed by atoms with Crippen LogP contribution in [0, 0.1) is 6.92 Å². The van der Waals surface area contributed by atoms with Crippen LogP contribution in [0.15, 0.2) is 18.2 Å². The van der Waals surface area contributed by atoms with Gasteiger partial charge in [-0.15, -0.1) is 0 Å². The maximum atomic E-state index is 12.2. The molecule has 1 atom stereocenters. The highest BCUT2D eigenvalue weighted by atomic mass is 16.2. The van der Waals surface area contributed by atoms with E-state index in [0.29, 0.717) is 17.8 Å². The van der Waals surface area contributed by atoms with E-state index in [4.69, 9.17) is 0 Å². The number of fused-ring (bicyclic) bond motifs is 2. The van der Waals surface area contributed by atoms with Gasteiger partial charge in [0.05, 0.1) is 11.3 Å². The van der Waals surface area contributed by atoms with Gasteiger partial charge in [0.2, 0.25) is 5.91 Å². The minimum Gasteiger partial charge on any atom is -0.326 e. The Balaban J connectivity index is 2.17. The molecule has 1 N–H and O–H groups in total. The van der Waals surface area contributed by atoms with Crippen molar-refractivity contribution in [3.63, 3.8) is 0 Å². The molecule has 0 bridgehead atoms.